The molecule has 3 rings (SSSR count). The normalized spacial score (nSPS) is 16.7. The molecule has 0 aliphatic carbocycles. The zero-order valence-electron chi connectivity index (χ0n) is 15.4. The van der Waals surface area contributed by atoms with Gasteiger partial charge in [-0.25, -0.2) is 9.59 Å². The summed E-state index contributed by atoms with van der Waals surface area (Å²) in [6, 6.07) is 8.62. The molecule has 0 fully saturated rings. The Labute approximate surface area is 165 Å². The van der Waals surface area contributed by atoms with Crippen molar-refractivity contribution in [2.45, 2.75) is 19.4 Å². The van der Waals surface area contributed by atoms with Gasteiger partial charge in [-0.15, -0.1) is 11.3 Å². The largest absolute Gasteiger partial charge is 0.466 e. The van der Waals surface area contributed by atoms with Gasteiger partial charge in [-0.3, -0.25) is 15.0 Å². The molecule has 28 heavy (non-hydrogen) atoms. The van der Waals surface area contributed by atoms with E-state index in [4.69, 9.17) is 4.74 Å². The van der Waals surface area contributed by atoms with Crippen LogP contribution in [0.15, 0.2) is 53.0 Å². The molecule has 0 saturated carbocycles. The van der Waals surface area contributed by atoms with Gasteiger partial charge in [0.15, 0.2) is 0 Å². The summed E-state index contributed by atoms with van der Waals surface area (Å²) >= 11 is 1.61. The zero-order chi connectivity index (χ0) is 20.3. The standard InChI is InChI=1S/C19H19N3O5S/c1-12-16(18(23)27-2)17(13-5-7-14(8-6-13)22(25)26)20-19(24)21(12)10-9-15-4-3-11-28-15/h3-8,11,17H,9-10H2,1-2H3,(H,20,24). The number of non-ortho nitro benzene ring substituents is 1. The maximum absolute atomic E-state index is 12.7. The quantitative estimate of drug-likeness (QED) is 0.454. The number of nitrogens with one attached hydrogen (secondary N) is 1. The molecule has 0 spiro atoms. The van der Waals surface area contributed by atoms with Crippen LogP contribution in [-0.2, 0) is 16.0 Å². The maximum Gasteiger partial charge on any atom is 0.337 e. The summed E-state index contributed by atoms with van der Waals surface area (Å²) in [5.41, 5.74) is 1.32. The van der Waals surface area contributed by atoms with Crippen molar-refractivity contribution in [1.82, 2.24) is 10.2 Å². The molecule has 2 amide bonds. The first-order valence-corrected chi connectivity index (χ1v) is 9.44. The van der Waals surface area contributed by atoms with Crippen molar-refractivity contribution >= 4 is 29.0 Å². The minimum atomic E-state index is -0.737. The van der Waals surface area contributed by atoms with Crippen LogP contribution in [0.4, 0.5) is 10.5 Å². The molecule has 0 saturated heterocycles. The lowest BCUT2D eigenvalue weighted by atomic mass is 9.94. The van der Waals surface area contributed by atoms with Crippen LogP contribution in [0, 0.1) is 10.1 Å². The average Bonchev–Trinajstić information content (AvgIpc) is 3.20. The molecule has 146 valence electrons. The van der Waals surface area contributed by atoms with E-state index in [0.717, 1.165) is 4.88 Å². The molecule has 1 unspecified atom stereocenters. The fraction of sp³-hybridized carbons (Fsp3) is 0.263. The van der Waals surface area contributed by atoms with Crippen molar-refractivity contribution in [3.63, 3.8) is 0 Å². The first kappa shape index (κ1) is 19.6. The van der Waals surface area contributed by atoms with Gasteiger partial charge in [0.25, 0.3) is 5.69 Å². The minimum absolute atomic E-state index is 0.0659. The first-order chi connectivity index (χ1) is 13.4. The Hall–Kier alpha value is -3.20. The van der Waals surface area contributed by atoms with Gasteiger partial charge in [0, 0.05) is 29.3 Å². The molecule has 2 aromatic rings. The van der Waals surface area contributed by atoms with Crippen LogP contribution in [0.25, 0.3) is 0 Å². The molecule has 0 bridgehead atoms. The lowest BCUT2D eigenvalue weighted by molar-refractivity contribution is -0.384. The zero-order valence-corrected chi connectivity index (χ0v) is 16.2. The lowest BCUT2D eigenvalue weighted by Crippen LogP contribution is -2.48. The van der Waals surface area contributed by atoms with Crippen LogP contribution in [-0.4, -0.2) is 35.5 Å². The number of benzene rings is 1. The molecule has 1 aromatic carbocycles. The van der Waals surface area contributed by atoms with E-state index < -0.39 is 16.9 Å². The molecule has 1 N–H and O–H groups in total. The maximum atomic E-state index is 12.7. The van der Waals surface area contributed by atoms with Crippen LogP contribution in [0.3, 0.4) is 0 Å². The van der Waals surface area contributed by atoms with E-state index in [1.807, 2.05) is 17.5 Å². The van der Waals surface area contributed by atoms with Gasteiger partial charge in [0.05, 0.1) is 23.6 Å². The third-order valence-corrected chi connectivity index (χ3v) is 5.54. The Morgan fingerprint density at radius 3 is 2.61 bits per heavy atom. The molecule has 9 heteroatoms. The highest BCUT2D eigenvalue weighted by molar-refractivity contribution is 7.09. The van der Waals surface area contributed by atoms with E-state index in [1.54, 1.807) is 18.3 Å². The number of urea groups is 1. The molecule has 1 atom stereocenters. The highest BCUT2D eigenvalue weighted by Gasteiger charge is 2.36. The van der Waals surface area contributed by atoms with Crippen LogP contribution in [0.5, 0.6) is 0 Å². The van der Waals surface area contributed by atoms with Crippen molar-refractivity contribution in [2.75, 3.05) is 13.7 Å². The minimum Gasteiger partial charge on any atom is -0.466 e. The smallest absolute Gasteiger partial charge is 0.337 e. The van der Waals surface area contributed by atoms with Crippen LogP contribution >= 0.6 is 11.3 Å². The molecular formula is C19H19N3O5S. The predicted molar refractivity (Wildman–Crippen MR) is 104 cm³/mol. The number of carbonyl (C=O) groups is 2. The number of hydrogen-bond acceptors (Lipinski definition) is 6. The number of nitrogens with zero attached hydrogens (tertiary/aromatic N) is 2. The van der Waals surface area contributed by atoms with Gasteiger partial charge < -0.3 is 10.1 Å². The topological polar surface area (TPSA) is 102 Å². The Bertz CT molecular complexity index is 922. The van der Waals surface area contributed by atoms with E-state index in [2.05, 4.69) is 5.32 Å². The number of hydrogen-bond donors (Lipinski definition) is 1. The van der Waals surface area contributed by atoms with Gasteiger partial charge in [-0.2, -0.15) is 0 Å². The Morgan fingerprint density at radius 1 is 1.32 bits per heavy atom. The van der Waals surface area contributed by atoms with Crippen LogP contribution in [0.1, 0.15) is 23.4 Å². The summed E-state index contributed by atoms with van der Waals surface area (Å²) < 4.78 is 4.93. The Kier molecular flexibility index (Phi) is 5.74. The number of amides is 2. The fourth-order valence-electron chi connectivity index (χ4n) is 3.14. The van der Waals surface area contributed by atoms with Gasteiger partial charge in [-0.1, -0.05) is 6.07 Å². The van der Waals surface area contributed by atoms with E-state index in [0.29, 0.717) is 29.8 Å². The number of carbonyl (C=O) groups excluding carboxylic acids is 2. The van der Waals surface area contributed by atoms with Crippen molar-refractivity contribution in [1.29, 1.82) is 0 Å². The molecular weight excluding hydrogens is 382 g/mol. The van der Waals surface area contributed by atoms with Crippen molar-refractivity contribution in [3.05, 3.63) is 73.6 Å². The number of rotatable bonds is 6. The molecule has 1 aliphatic rings. The fourth-order valence-corrected chi connectivity index (χ4v) is 3.84. The number of allylic oxidation sites excluding steroid dienone is 1. The highest BCUT2D eigenvalue weighted by Crippen LogP contribution is 2.32. The number of ether oxygens (including phenoxy) is 1. The second-order valence-electron chi connectivity index (χ2n) is 6.20. The van der Waals surface area contributed by atoms with Crippen LogP contribution < -0.4 is 5.32 Å². The van der Waals surface area contributed by atoms with E-state index in [-0.39, 0.29) is 11.7 Å². The number of nitro groups is 1. The van der Waals surface area contributed by atoms with E-state index in [9.17, 15) is 19.7 Å². The SMILES string of the molecule is COC(=O)C1=C(C)N(CCc2cccs2)C(=O)NC1c1ccc([N+](=O)[O-])cc1. The van der Waals surface area contributed by atoms with Crippen LogP contribution in [0.2, 0.25) is 0 Å². The first-order valence-electron chi connectivity index (χ1n) is 8.56. The van der Waals surface area contributed by atoms with E-state index >= 15 is 0 Å². The average molecular weight is 401 g/mol. The van der Waals surface area contributed by atoms with Crippen molar-refractivity contribution < 1.29 is 19.2 Å². The van der Waals surface area contributed by atoms with Crippen molar-refractivity contribution in [2.24, 2.45) is 0 Å². The highest BCUT2D eigenvalue weighted by atomic mass is 32.1. The number of esters is 1. The lowest BCUT2D eigenvalue weighted by Gasteiger charge is -2.35. The van der Waals surface area contributed by atoms with Gasteiger partial charge in [0.2, 0.25) is 0 Å². The molecule has 8 nitrogen and oxygen atoms in total. The third kappa shape index (κ3) is 3.89. The molecule has 1 aromatic heterocycles. The van der Waals surface area contributed by atoms with Gasteiger partial charge in [-0.05, 0) is 42.5 Å². The third-order valence-electron chi connectivity index (χ3n) is 4.60. The van der Waals surface area contributed by atoms with E-state index in [1.165, 1.54) is 36.3 Å². The second kappa shape index (κ2) is 8.22. The molecule has 1 aliphatic heterocycles. The molecule has 2 heterocycles. The summed E-state index contributed by atoms with van der Waals surface area (Å²) in [4.78, 5) is 38.2. The van der Waals surface area contributed by atoms with Crippen molar-refractivity contribution in [3.8, 4) is 0 Å². The predicted octanol–water partition coefficient (Wildman–Crippen LogP) is 3.41. The Morgan fingerprint density at radius 2 is 2.04 bits per heavy atom. The number of thiophene rings is 1. The van der Waals surface area contributed by atoms with Gasteiger partial charge in [0.1, 0.15) is 0 Å². The summed E-state index contributed by atoms with van der Waals surface area (Å²) in [6.45, 7) is 2.13. The summed E-state index contributed by atoms with van der Waals surface area (Å²) in [5, 5.41) is 15.7. The number of methoxy groups -OCH3 is 1. The monoisotopic (exact) mass is 401 g/mol. The second-order valence-corrected chi connectivity index (χ2v) is 7.24. The van der Waals surface area contributed by atoms with Gasteiger partial charge >= 0.3 is 12.0 Å². The molecule has 0 radical (unpaired) electrons. The summed E-state index contributed by atoms with van der Waals surface area (Å²) in [7, 11) is 1.28. The Balaban J connectivity index is 1.93. The number of nitro benzene ring substituents is 1. The summed E-state index contributed by atoms with van der Waals surface area (Å²) in [5.74, 6) is -0.554. The summed E-state index contributed by atoms with van der Waals surface area (Å²) in [6.07, 6.45) is 0.666.